The third-order valence-electron chi connectivity index (χ3n) is 2.23. The van der Waals surface area contributed by atoms with E-state index in [0.29, 0.717) is 6.61 Å². The zero-order valence-electron chi connectivity index (χ0n) is 11.0. The standard InChI is InChI=1S/C14H19Br2NO/c1-10(15)9-18-13-11(6-5-7-12(13)16)8-17-14(2,3)4/h5-7,17H,1,8-9H2,2-4H3. The van der Waals surface area contributed by atoms with Crippen molar-refractivity contribution in [3.05, 3.63) is 39.3 Å². The first-order chi connectivity index (χ1) is 8.29. The highest BCUT2D eigenvalue weighted by Gasteiger charge is 2.12. The molecule has 1 aromatic rings. The largest absolute Gasteiger partial charge is 0.487 e. The van der Waals surface area contributed by atoms with Crippen LogP contribution in [-0.4, -0.2) is 12.1 Å². The summed E-state index contributed by atoms with van der Waals surface area (Å²) in [5.41, 5.74) is 1.21. The monoisotopic (exact) mass is 375 g/mol. The maximum Gasteiger partial charge on any atom is 0.138 e. The lowest BCUT2D eigenvalue weighted by atomic mass is 10.1. The molecule has 0 aliphatic heterocycles. The molecule has 100 valence electrons. The molecule has 1 N–H and O–H groups in total. The molecule has 0 saturated carbocycles. The van der Waals surface area contributed by atoms with E-state index in [1.807, 2.05) is 12.1 Å². The van der Waals surface area contributed by atoms with E-state index in [-0.39, 0.29) is 5.54 Å². The SMILES string of the molecule is C=C(Br)COc1c(Br)cccc1CNC(C)(C)C. The zero-order valence-corrected chi connectivity index (χ0v) is 14.2. The molecule has 0 unspecified atom stereocenters. The van der Waals surface area contributed by atoms with Crippen LogP contribution >= 0.6 is 31.9 Å². The predicted octanol–water partition coefficient (Wildman–Crippen LogP) is 4.62. The highest BCUT2D eigenvalue weighted by Crippen LogP contribution is 2.30. The number of hydrogen-bond donors (Lipinski definition) is 1. The minimum atomic E-state index is 0.0820. The molecule has 1 rings (SSSR count). The Labute approximate surface area is 126 Å². The molecule has 0 aliphatic rings. The minimum absolute atomic E-state index is 0.0820. The van der Waals surface area contributed by atoms with Crippen molar-refractivity contribution < 1.29 is 4.74 Å². The molecular formula is C14H19Br2NO. The van der Waals surface area contributed by atoms with Crippen molar-refractivity contribution in [1.82, 2.24) is 5.32 Å². The molecule has 0 aromatic heterocycles. The smallest absolute Gasteiger partial charge is 0.138 e. The Balaban J connectivity index is 2.83. The van der Waals surface area contributed by atoms with Gasteiger partial charge in [-0.2, -0.15) is 0 Å². The first kappa shape index (κ1) is 15.7. The lowest BCUT2D eigenvalue weighted by Crippen LogP contribution is -2.35. The number of para-hydroxylation sites is 1. The Morgan fingerprint density at radius 2 is 2.06 bits per heavy atom. The van der Waals surface area contributed by atoms with Crippen LogP contribution in [0.25, 0.3) is 0 Å². The summed E-state index contributed by atoms with van der Waals surface area (Å²) < 4.78 is 7.55. The van der Waals surface area contributed by atoms with Gasteiger partial charge in [-0.1, -0.05) is 34.6 Å². The quantitative estimate of drug-likeness (QED) is 0.809. The van der Waals surface area contributed by atoms with Crippen LogP contribution in [0.2, 0.25) is 0 Å². The summed E-state index contributed by atoms with van der Waals surface area (Å²) in [5.74, 6) is 0.870. The van der Waals surface area contributed by atoms with Gasteiger partial charge in [0, 0.05) is 22.1 Å². The summed E-state index contributed by atoms with van der Waals surface area (Å²) in [6.45, 7) is 11.4. The summed E-state index contributed by atoms with van der Waals surface area (Å²) in [6, 6.07) is 6.06. The van der Waals surface area contributed by atoms with Crippen molar-refractivity contribution >= 4 is 31.9 Å². The molecule has 0 saturated heterocycles. The number of halogens is 2. The average molecular weight is 377 g/mol. The van der Waals surface area contributed by atoms with Crippen molar-refractivity contribution in [2.45, 2.75) is 32.9 Å². The van der Waals surface area contributed by atoms with Gasteiger partial charge >= 0.3 is 0 Å². The molecule has 2 nitrogen and oxygen atoms in total. The van der Waals surface area contributed by atoms with Gasteiger partial charge in [0.25, 0.3) is 0 Å². The van der Waals surface area contributed by atoms with E-state index in [1.54, 1.807) is 0 Å². The van der Waals surface area contributed by atoms with Gasteiger partial charge in [-0.25, -0.2) is 0 Å². The minimum Gasteiger partial charge on any atom is -0.487 e. The van der Waals surface area contributed by atoms with Crippen molar-refractivity contribution in [3.8, 4) is 5.75 Å². The second kappa shape index (κ2) is 6.73. The van der Waals surface area contributed by atoms with Crippen LogP contribution in [0.4, 0.5) is 0 Å². The fourth-order valence-corrected chi connectivity index (χ4v) is 2.00. The summed E-state index contributed by atoms with van der Waals surface area (Å²) in [5, 5.41) is 3.46. The Morgan fingerprint density at radius 1 is 1.39 bits per heavy atom. The van der Waals surface area contributed by atoms with Gasteiger partial charge in [0.1, 0.15) is 12.4 Å². The molecule has 0 atom stereocenters. The number of ether oxygens (including phenoxy) is 1. The molecule has 0 spiro atoms. The van der Waals surface area contributed by atoms with E-state index >= 15 is 0 Å². The number of benzene rings is 1. The van der Waals surface area contributed by atoms with E-state index in [9.17, 15) is 0 Å². The van der Waals surface area contributed by atoms with Gasteiger partial charge in [-0.05, 0) is 42.8 Å². The van der Waals surface area contributed by atoms with Crippen LogP contribution in [0.15, 0.2) is 33.7 Å². The summed E-state index contributed by atoms with van der Waals surface area (Å²) >= 11 is 6.82. The van der Waals surface area contributed by atoms with Crippen molar-refractivity contribution in [1.29, 1.82) is 0 Å². The van der Waals surface area contributed by atoms with Crippen LogP contribution in [0.1, 0.15) is 26.3 Å². The van der Waals surface area contributed by atoms with Gasteiger partial charge < -0.3 is 10.1 Å². The molecule has 0 amide bonds. The Morgan fingerprint density at radius 3 is 2.61 bits per heavy atom. The number of nitrogens with one attached hydrogen (secondary N) is 1. The highest BCUT2D eigenvalue weighted by molar-refractivity contribution is 9.11. The third kappa shape index (κ3) is 5.55. The first-order valence-corrected chi connectivity index (χ1v) is 7.36. The molecule has 0 bridgehead atoms. The number of hydrogen-bond acceptors (Lipinski definition) is 2. The van der Waals surface area contributed by atoms with E-state index in [1.165, 1.54) is 0 Å². The van der Waals surface area contributed by atoms with E-state index < -0.39 is 0 Å². The molecular weight excluding hydrogens is 358 g/mol. The van der Waals surface area contributed by atoms with Gasteiger partial charge in [-0.15, -0.1) is 0 Å². The second-order valence-electron chi connectivity index (χ2n) is 5.14. The van der Waals surface area contributed by atoms with Crippen molar-refractivity contribution in [2.75, 3.05) is 6.61 Å². The van der Waals surface area contributed by atoms with Crippen LogP contribution in [-0.2, 0) is 6.54 Å². The van der Waals surface area contributed by atoms with E-state index in [2.05, 4.69) is 70.6 Å². The normalized spacial score (nSPS) is 11.4. The lowest BCUT2D eigenvalue weighted by Gasteiger charge is -2.22. The third-order valence-corrected chi connectivity index (χ3v) is 3.08. The Bertz CT molecular complexity index is 424. The highest BCUT2D eigenvalue weighted by atomic mass is 79.9. The maximum absolute atomic E-state index is 5.76. The Kier molecular flexibility index (Phi) is 5.89. The van der Waals surface area contributed by atoms with E-state index in [0.717, 1.165) is 26.8 Å². The first-order valence-electron chi connectivity index (χ1n) is 5.78. The van der Waals surface area contributed by atoms with Crippen LogP contribution in [0.5, 0.6) is 5.75 Å². The molecule has 0 fully saturated rings. The topological polar surface area (TPSA) is 21.3 Å². The fraction of sp³-hybridized carbons (Fsp3) is 0.429. The van der Waals surface area contributed by atoms with Crippen molar-refractivity contribution in [2.24, 2.45) is 0 Å². The zero-order chi connectivity index (χ0) is 13.8. The molecule has 0 heterocycles. The molecule has 4 heteroatoms. The second-order valence-corrected chi connectivity index (χ2v) is 7.11. The van der Waals surface area contributed by atoms with Gasteiger partial charge in [-0.3, -0.25) is 0 Å². The lowest BCUT2D eigenvalue weighted by molar-refractivity contribution is 0.348. The molecule has 0 aliphatic carbocycles. The van der Waals surface area contributed by atoms with E-state index in [4.69, 9.17) is 4.74 Å². The average Bonchev–Trinajstić information content (AvgIpc) is 2.23. The predicted molar refractivity (Wildman–Crippen MR) is 84.3 cm³/mol. The van der Waals surface area contributed by atoms with Crippen LogP contribution in [0, 0.1) is 0 Å². The fourth-order valence-electron chi connectivity index (χ4n) is 1.37. The maximum atomic E-state index is 5.76. The van der Waals surface area contributed by atoms with Crippen LogP contribution in [0.3, 0.4) is 0 Å². The van der Waals surface area contributed by atoms with Gasteiger partial charge in [0.05, 0.1) is 4.47 Å². The van der Waals surface area contributed by atoms with Crippen LogP contribution < -0.4 is 10.1 Å². The van der Waals surface area contributed by atoms with Gasteiger partial charge in [0.2, 0.25) is 0 Å². The van der Waals surface area contributed by atoms with Gasteiger partial charge in [0.15, 0.2) is 0 Å². The number of rotatable bonds is 5. The van der Waals surface area contributed by atoms with Crippen molar-refractivity contribution in [3.63, 3.8) is 0 Å². The summed E-state index contributed by atoms with van der Waals surface area (Å²) in [4.78, 5) is 0. The molecule has 18 heavy (non-hydrogen) atoms. The molecule has 1 aromatic carbocycles. The molecule has 0 radical (unpaired) electrons. The summed E-state index contributed by atoms with van der Waals surface area (Å²) in [7, 11) is 0. The summed E-state index contributed by atoms with van der Waals surface area (Å²) in [6.07, 6.45) is 0. The Hall–Kier alpha value is -0.320.